The molecule has 7 heteroatoms. The van der Waals surface area contributed by atoms with Crippen molar-refractivity contribution in [2.45, 2.75) is 0 Å². The Balaban J connectivity index is 0.00000256. The molecule has 6 nitrogen and oxygen atoms in total. The summed E-state index contributed by atoms with van der Waals surface area (Å²) in [4.78, 5) is 0. The van der Waals surface area contributed by atoms with Gasteiger partial charge in [0.25, 0.3) is 0 Å². The lowest BCUT2D eigenvalue weighted by Crippen LogP contribution is -3.00. The van der Waals surface area contributed by atoms with E-state index in [-0.39, 0.29) is 18.2 Å². The van der Waals surface area contributed by atoms with Crippen molar-refractivity contribution in [1.82, 2.24) is 0 Å². The van der Waals surface area contributed by atoms with Gasteiger partial charge < -0.3 is 31.5 Å². The summed E-state index contributed by atoms with van der Waals surface area (Å²) in [5.41, 5.74) is 1.11. The summed E-state index contributed by atoms with van der Waals surface area (Å²) >= 11 is 0. The second-order valence-electron chi connectivity index (χ2n) is 7.57. The van der Waals surface area contributed by atoms with Crippen molar-refractivity contribution in [3.8, 4) is 11.5 Å². The normalized spacial score (nSPS) is 15.8. The van der Waals surface area contributed by atoms with Gasteiger partial charge in [0.1, 0.15) is 49.1 Å². The van der Waals surface area contributed by atoms with Crippen LogP contribution in [0.15, 0.2) is 70.9 Å². The van der Waals surface area contributed by atoms with Gasteiger partial charge >= 0.3 is 0 Å². The highest BCUT2D eigenvalue weighted by Crippen LogP contribution is 2.37. The fraction of sp³-hybridized carbons (Fsp3) is 0.304. The number of aromatic hydroxyl groups is 1. The Morgan fingerprint density at radius 3 is 2.53 bits per heavy atom. The van der Waals surface area contributed by atoms with Gasteiger partial charge in [0, 0.05) is 5.39 Å². The molecule has 1 N–H and O–H groups in total. The van der Waals surface area contributed by atoms with E-state index in [1.54, 1.807) is 6.07 Å². The minimum Gasteiger partial charge on any atom is -1.00 e. The third-order valence-corrected chi connectivity index (χ3v) is 5.44. The molecule has 0 aliphatic carbocycles. The molecule has 1 fully saturated rings. The summed E-state index contributed by atoms with van der Waals surface area (Å²) in [7, 11) is 2.24. The maximum atomic E-state index is 10.3. The molecule has 0 radical (unpaired) electrons. The van der Waals surface area contributed by atoms with Gasteiger partial charge in [-0.25, -0.2) is 0 Å². The number of fused-ring (bicyclic) bond motifs is 1. The van der Waals surface area contributed by atoms with Crippen LogP contribution in [0.4, 0.5) is 11.4 Å². The van der Waals surface area contributed by atoms with Crippen LogP contribution < -0.4 is 17.1 Å². The van der Waals surface area contributed by atoms with Crippen LogP contribution in [0, 0.1) is 0 Å². The first-order valence-corrected chi connectivity index (χ1v) is 9.90. The summed E-state index contributed by atoms with van der Waals surface area (Å²) in [6.45, 7) is 5.13. The summed E-state index contributed by atoms with van der Waals surface area (Å²) in [5, 5.41) is 20.9. The lowest BCUT2D eigenvalue weighted by Gasteiger charge is -2.37. The van der Waals surface area contributed by atoms with Crippen LogP contribution in [0.5, 0.6) is 11.5 Å². The van der Waals surface area contributed by atoms with Gasteiger partial charge in [-0.2, -0.15) is 0 Å². The van der Waals surface area contributed by atoms with Gasteiger partial charge in [0.15, 0.2) is 0 Å². The van der Waals surface area contributed by atoms with Gasteiger partial charge in [-0.05, 0) is 23.6 Å². The largest absolute Gasteiger partial charge is 1.00 e. The molecule has 3 aromatic carbocycles. The number of rotatable bonds is 6. The number of ether oxygens (including phenoxy) is 2. The molecule has 1 aliphatic rings. The van der Waals surface area contributed by atoms with E-state index < -0.39 is 0 Å². The highest BCUT2D eigenvalue weighted by molar-refractivity contribution is 5.95. The summed E-state index contributed by atoms with van der Waals surface area (Å²) in [5.74, 6) is 0.798. The number of quaternary nitrogens is 1. The predicted molar refractivity (Wildman–Crippen MR) is 113 cm³/mol. The Bertz CT molecular complexity index is 1020. The molecule has 0 aromatic heterocycles. The smallest absolute Gasteiger partial charge is 0.147 e. The molecule has 0 bridgehead atoms. The maximum Gasteiger partial charge on any atom is 0.147 e. The first-order chi connectivity index (χ1) is 14.1. The van der Waals surface area contributed by atoms with Crippen molar-refractivity contribution in [3.63, 3.8) is 0 Å². The van der Waals surface area contributed by atoms with E-state index in [0.717, 1.165) is 48.1 Å². The van der Waals surface area contributed by atoms with Crippen LogP contribution in [0.3, 0.4) is 0 Å². The van der Waals surface area contributed by atoms with Crippen LogP contribution in [-0.4, -0.2) is 56.1 Å². The van der Waals surface area contributed by atoms with Crippen molar-refractivity contribution >= 4 is 22.1 Å². The monoisotopic (exact) mass is 427 g/mol. The number of halogens is 1. The molecule has 0 amide bonds. The summed E-state index contributed by atoms with van der Waals surface area (Å²) < 4.78 is 12.4. The molecule has 3 aromatic rings. The molecule has 1 aliphatic heterocycles. The van der Waals surface area contributed by atoms with E-state index in [0.29, 0.717) is 23.7 Å². The number of phenolic OH excluding ortho intramolecular Hbond substituents is 1. The Labute approximate surface area is 182 Å². The second kappa shape index (κ2) is 9.89. The van der Waals surface area contributed by atoms with Crippen molar-refractivity contribution in [2.24, 2.45) is 10.2 Å². The summed E-state index contributed by atoms with van der Waals surface area (Å²) in [6, 6.07) is 18.9. The van der Waals surface area contributed by atoms with Crippen LogP contribution in [0.25, 0.3) is 10.8 Å². The molecule has 158 valence electrons. The third-order valence-electron chi connectivity index (χ3n) is 5.44. The Morgan fingerprint density at radius 1 is 0.967 bits per heavy atom. The molecule has 0 spiro atoms. The lowest BCUT2D eigenvalue weighted by atomic mass is 10.1. The van der Waals surface area contributed by atoms with E-state index in [2.05, 4.69) is 17.3 Å². The summed E-state index contributed by atoms with van der Waals surface area (Å²) in [6.07, 6.45) is 0. The SMILES string of the molecule is C[N+]1(CCOc2ccccc2N=Nc2c(O)ccc3ccccc23)CCOCC1.[Cl-]. The second-order valence-corrected chi connectivity index (χ2v) is 7.57. The van der Waals surface area contributed by atoms with Gasteiger partial charge in [0.2, 0.25) is 0 Å². The molecule has 1 heterocycles. The molecular formula is C23H26ClN3O3. The molecule has 0 saturated carbocycles. The molecule has 0 atom stereocenters. The van der Waals surface area contributed by atoms with Gasteiger partial charge in [-0.3, -0.25) is 0 Å². The number of para-hydroxylation sites is 1. The highest BCUT2D eigenvalue weighted by Gasteiger charge is 2.25. The standard InChI is InChI=1S/C23H25N3O3.ClH/c1-26(12-15-28-16-13-26)14-17-29-22-9-5-4-8-20(22)24-25-23-19-7-3-2-6-18(19)10-11-21(23)27;/h2-11H,12-17H2,1H3;1H. The lowest BCUT2D eigenvalue weighted by molar-refractivity contribution is -0.916. The van der Waals surface area contributed by atoms with Crippen LogP contribution in [0.1, 0.15) is 0 Å². The third kappa shape index (κ3) is 5.08. The van der Waals surface area contributed by atoms with Crippen molar-refractivity contribution in [2.75, 3.05) is 46.5 Å². The maximum absolute atomic E-state index is 10.3. The number of azo groups is 1. The number of benzene rings is 3. The first kappa shape index (κ1) is 22.0. The minimum atomic E-state index is 0. The average Bonchev–Trinajstić information content (AvgIpc) is 2.74. The van der Waals surface area contributed by atoms with E-state index >= 15 is 0 Å². The molecule has 1 saturated heterocycles. The van der Waals surface area contributed by atoms with Crippen LogP contribution in [0.2, 0.25) is 0 Å². The fourth-order valence-electron chi connectivity index (χ4n) is 3.50. The van der Waals surface area contributed by atoms with E-state index in [1.807, 2.05) is 54.6 Å². The topological polar surface area (TPSA) is 63.4 Å². The van der Waals surface area contributed by atoms with Gasteiger partial charge in [0.05, 0.1) is 20.3 Å². The van der Waals surface area contributed by atoms with E-state index in [9.17, 15) is 5.11 Å². The Morgan fingerprint density at radius 2 is 1.70 bits per heavy atom. The van der Waals surface area contributed by atoms with Crippen molar-refractivity contribution < 1.29 is 31.5 Å². The number of morpholine rings is 1. The van der Waals surface area contributed by atoms with E-state index in [4.69, 9.17) is 9.47 Å². The number of nitrogens with zero attached hydrogens (tertiary/aromatic N) is 3. The zero-order valence-corrected chi connectivity index (χ0v) is 17.8. The van der Waals surface area contributed by atoms with Crippen molar-refractivity contribution in [1.29, 1.82) is 0 Å². The quantitative estimate of drug-likeness (QED) is 0.482. The number of likely N-dealkylation sites (N-methyl/N-ethyl adjacent to an activating group) is 1. The number of hydrogen-bond acceptors (Lipinski definition) is 5. The van der Waals surface area contributed by atoms with Gasteiger partial charge in [-0.15, -0.1) is 10.2 Å². The average molecular weight is 428 g/mol. The highest BCUT2D eigenvalue weighted by atomic mass is 35.5. The Kier molecular flexibility index (Phi) is 7.26. The fourth-order valence-corrected chi connectivity index (χ4v) is 3.50. The minimum absolute atomic E-state index is 0. The number of phenols is 1. The molecule has 4 rings (SSSR count). The Hall–Kier alpha value is -2.67. The molecular weight excluding hydrogens is 402 g/mol. The zero-order chi connectivity index (χ0) is 20.1. The van der Waals surface area contributed by atoms with Gasteiger partial charge in [-0.1, -0.05) is 42.5 Å². The molecule has 0 unspecified atom stereocenters. The van der Waals surface area contributed by atoms with Crippen molar-refractivity contribution in [3.05, 3.63) is 60.7 Å². The first-order valence-electron chi connectivity index (χ1n) is 9.90. The predicted octanol–water partition coefficient (Wildman–Crippen LogP) is 1.82. The van der Waals surface area contributed by atoms with E-state index in [1.165, 1.54) is 0 Å². The van der Waals surface area contributed by atoms with Crippen LogP contribution >= 0.6 is 0 Å². The number of hydrogen-bond donors (Lipinski definition) is 1. The molecule has 30 heavy (non-hydrogen) atoms. The zero-order valence-electron chi connectivity index (χ0n) is 17.0. The van der Waals surface area contributed by atoms with Crippen LogP contribution in [-0.2, 0) is 4.74 Å².